The van der Waals surface area contributed by atoms with Gasteiger partial charge >= 0.3 is 0 Å². The molecule has 71 valence electrons. The molecule has 0 fully saturated rings. The van der Waals surface area contributed by atoms with Crippen LogP contribution in [-0.2, 0) is 0 Å². The van der Waals surface area contributed by atoms with Crippen LogP contribution in [0, 0.1) is 12.5 Å². The quantitative estimate of drug-likeness (QED) is 0.401. The first kappa shape index (κ1) is 11.7. The third-order valence-electron chi connectivity index (χ3n) is 1.91. The molecule has 0 aliphatic heterocycles. The summed E-state index contributed by atoms with van der Waals surface area (Å²) in [4.78, 5) is 0. The van der Waals surface area contributed by atoms with Crippen molar-refractivity contribution >= 4 is 19.8 Å². The van der Waals surface area contributed by atoms with E-state index in [-0.39, 0.29) is 21.2 Å². The van der Waals surface area contributed by atoms with Crippen LogP contribution < -0.4 is 0 Å². The van der Waals surface area contributed by atoms with Crippen LogP contribution in [0.3, 0.4) is 0 Å². The smallest absolute Gasteiger partial charge is 0.147 e. The molecule has 0 saturated carbocycles. The summed E-state index contributed by atoms with van der Waals surface area (Å²) in [7, 11) is 0. The average Bonchev–Trinajstić information content (AvgIpc) is 2.29. The molecule has 2 aliphatic rings. The minimum absolute atomic E-state index is 0. The Kier molecular flexibility index (Phi) is 4.83. The molecule has 2 rings (SSSR count). The van der Waals surface area contributed by atoms with Crippen molar-refractivity contribution in [3.05, 3.63) is 84.1 Å². The Balaban J connectivity index is 0.00000112. The third-order valence-corrected chi connectivity index (χ3v) is 1.91. The van der Waals surface area contributed by atoms with Crippen molar-refractivity contribution in [1.29, 1.82) is 0 Å². The third kappa shape index (κ3) is 3.71. The van der Waals surface area contributed by atoms with E-state index >= 15 is 0 Å². The van der Waals surface area contributed by atoms with Crippen LogP contribution in [-0.4, -0.2) is 19.8 Å². The largest absolute Gasteiger partial charge is 0.276 e. The Morgan fingerprint density at radius 2 is 2.27 bits per heavy atom. The standard InChI is InChI=1S/C14H10.Ga.H2/c1-3-7-13(8-4-1)11-12-14-9-5-2-6-10-14;;/h1-7,9,11-12H;;1H/b12-11-;;. The molecule has 2 aliphatic carbocycles. The van der Waals surface area contributed by atoms with E-state index in [1.54, 1.807) is 0 Å². The Labute approximate surface area is 105 Å². The zero-order chi connectivity index (χ0) is 9.64. The van der Waals surface area contributed by atoms with Gasteiger partial charge in [-0.15, -0.1) is 6.08 Å². The summed E-state index contributed by atoms with van der Waals surface area (Å²) in [5.41, 5.74) is 5.31. The molecule has 3 radical (unpaired) electrons. The van der Waals surface area contributed by atoms with Crippen molar-refractivity contribution in [3.63, 3.8) is 0 Å². The van der Waals surface area contributed by atoms with Crippen LogP contribution in [0.15, 0.2) is 71.6 Å². The Morgan fingerprint density at radius 1 is 1.33 bits per heavy atom. The van der Waals surface area contributed by atoms with Crippen molar-refractivity contribution in [2.45, 2.75) is 0 Å². The molecule has 0 amide bonds. The molecule has 0 aromatic carbocycles. The van der Waals surface area contributed by atoms with E-state index in [9.17, 15) is 0 Å². The molecule has 0 heterocycles. The number of rotatable bonds is 2. The molecule has 0 bridgehead atoms. The van der Waals surface area contributed by atoms with Gasteiger partial charge in [0.15, 0.2) is 0 Å². The Hall–Kier alpha value is -1.36. The van der Waals surface area contributed by atoms with Gasteiger partial charge in [0.1, 0.15) is 5.57 Å². The van der Waals surface area contributed by atoms with Gasteiger partial charge in [-0.1, -0.05) is 5.57 Å². The Bertz CT molecular complexity index is 428. The van der Waals surface area contributed by atoms with Gasteiger partial charge in [-0.2, -0.15) is 18.6 Å². The fourth-order valence-corrected chi connectivity index (χ4v) is 1.20. The zero-order valence-corrected chi connectivity index (χ0v) is 10.8. The van der Waals surface area contributed by atoms with Gasteiger partial charge in [0.2, 0.25) is 0 Å². The van der Waals surface area contributed by atoms with Gasteiger partial charge in [-0.05, 0) is 6.08 Å². The van der Waals surface area contributed by atoms with E-state index in [1.165, 1.54) is 0 Å². The first-order chi connectivity index (χ1) is 6.95. The minimum Gasteiger partial charge on any atom is -0.276 e. The fraction of sp³-hybridized carbons (Fsp3) is 0. The van der Waals surface area contributed by atoms with Gasteiger partial charge in [0, 0.05) is 51.6 Å². The van der Waals surface area contributed by atoms with E-state index in [2.05, 4.69) is 11.8 Å². The van der Waals surface area contributed by atoms with Gasteiger partial charge in [0.05, 0.1) is 6.08 Å². The second-order valence-corrected chi connectivity index (χ2v) is 2.97. The molecule has 0 spiro atoms. The van der Waals surface area contributed by atoms with Crippen LogP contribution in [0.2, 0.25) is 0 Å². The van der Waals surface area contributed by atoms with Crippen molar-refractivity contribution < 1.29 is 1.43 Å². The van der Waals surface area contributed by atoms with Crippen molar-refractivity contribution in [2.24, 2.45) is 0 Å². The van der Waals surface area contributed by atoms with Crippen LogP contribution in [0.4, 0.5) is 0 Å². The summed E-state index contributed by atoms with van der Waals surface area (Å²) in [6, 6.07) is 0. The van der Waals surface area contributed by atoms with Crippen LogP contribution in [0.25, 0.3) is 0 Å². The molecule has 1 heteroatoms. The molecule has 0 aromatic heterocycles. The molecule has 0 atom stereocenters. The van der Waals surface area contributed by atoms with E-state index in [0.29, 0.717) is 0 Å². The molecule has 15 heavy (non-hydrogen) atoms. The number of hydrogen-bond acceptors (Lipinski definition) is 0. The molecular formula is C14H12Ga. The van der Waals surface area contributed by atoms with Crippen molar-refractivity contribution in [2.75, 3.05) is 0 Å². The molecule has 0 N–H and O–H groups in total. The molecule has 0 unspecified atom stereocenters. The zero-order valence-electron chi connectivity index (χ0n) is 8.35. The van der Waals surface area contributed by atoms with Gasteiger partial charge in [-0.3, -0.25) is 5.73 Å². The maximum absolute atomic E-state index is 3.14. The monoisotopic (exact) mass is 249 g/mol. The van der Waals surface area contributed by atoms with Crippen LogP contribution in [0.5, 0.6) is 0 Å². The average molecular weight is 250 g/mol. The first-order valence-electron chi connectivity index (χ1n) is 4.57. The topological polar surface area (TPSA) is 0 Å². The van der Waals surface area contributed by atoms with E-state index < -0.39 is 0 Å². The van der Waals surface area contributed by atoms with Crippen molar-refractivity contribution in [3.8, 4) is 0 Å². The molecule has 0 aromatic rings. The normalized spacial score (nSPS) is 16.5. The molecule has 0 nitrogen and oxygen atoms in total. The molecule has 0 saturated heterocycles. The first-order valence-corrected chi connectivity index (χ1v) is 4.57. The fourth-order valence-electron chi connectivity index (χ4n) is 1.20. The maximum Gasteiger partial charge on any atom is 0.147 e. The summed E-state index contributed by atoms with van der Waals surface area (Å²) in [5.74, 6) is 0. The van der Waals surface area contributed by atoms with E-state index in [1.807, 2.05) is 61.1 Å². The second kappa shape index (κ2) is 6.18. The molecular weight excluding hydrogens is 238 g/mol. The predicted molar refractivity (Wildman–Crippen MR) is 67.1 cm³/mol. The summed E-state index contributed by atoms with van der Waals surface area (Å²) in [5, 5.41) is 0. The summed E-state index contributed by atoms with van der Waals surface area (Å²) in [6.07, 6.45) is 23.0. The van der Waals surface area contributed by atoms with Gasteiger partial charge < -0.3 is 0 Å². The van der Waals surface area contributed by atoms with Crippen LogP contribution >= 0.6 is 0 Å². The summed E-state index contributed by atoms with van der Waals surface area (Å²) in [6.45, 7) is 0. The summed E-state index contributed by atoms with van der Waals surface area (Å²) < 4.78 is 0. The SMILES string of the molecule is C1=C[CH-]C=CC=1/C=C\C1=CC=CC=[C+]1.[Ga].[HH]. The number of allylic oxidation sites excluding steroid dienone is 11. The minimum atomic E-state index is 0. The summed E-state index contributed by atoms with van der Waals surface area (Å²) >= 11 is 0. The predicted octanol–water partition coefficient (Wildman–Crippen LogP) is 3.12. The second-order valence-electron chi connectivity index (χ2n) is 2.97. The number of hydrogen-bond donors (Lipinski definition) is 0. The van der Waals surface area contributed by atoms with Crippen LogP contribution in [0.1, 0.15) is 1.43 Å². The Morgan fingerprint density at radius 3 is 2.93 bits per heavy atom. The van der Waals surface area contributed by atoms with E-state index in [0.717, 1.165) is 11.1 Å². The van der Waals surface area contributed by atoms with Gasteiger partial charge in [0.25, 0.3) is 0 Å². The maximum atomic E-state index is 3.14. The van der Waals surface area contributed by atoms with Crippen molar-refractivity contribution in [1.82, 2.24) is 0 Å². The van der Waals surface area contributed by atoms with E-state index in [4.69, 9.17) is 0 Å². The van der Waals surface area contributed by atoms with Gasteiger partial charge in [-0.25, -0.2) is 0 Å².